The van der Waals surface area contributed by atoms with Crippen molar-refractivity contribution >= 4 is 0 Å². The van der Waals surface area contributed by atoms with Gasteiger partial charge in [-0.3, -0.25) is 0 Å². The molecule has 1 aromatic carbocycles. The molecular formula is C33H58O13. The minimum atomic E-state index is -0.0654. The number of rotatable bonds is 35. The maximum atomic E-state index is 5.61. The number of hydrogen-bond donors (Lipinski definition) is 0. The molecule has 0 aliphatic carbocycles. The molecule has 2 rings (SSSR count). The van der Waals surface area contributed by atoms with Crippen LogP contribution in [0.2, 0.25) is 0 Å². The van der Waals surface area contributed by atoms with E-state index < -0.39 is 0 Å². The topological polar surface area (TPSA) is 120 Å². The average Bonchev–Trinajstić information content (AvgIpc) is 3.09. The molecule has 1 aromatic rings. The van der Waals surface area contributed by atoms with E-state index >= 15 is 0 Å². The first kappa shape index (κ1) is 40.7. The third kappa shape index (κ3) is 27.6. The summed E-state index contributed by atoms with van der Waals surface area (Å²) in [5.41, 5.74) is 0. The molecule has 0 radical (unpaired) electrons. The van der Waals surface area contributed by atoms with Crippen molar-refractivity contribution in [2.75, 3.05) is 152 Å². The van der Waals surface area contributed by atoms with Gasteiger partial charge in [-0.1, -0.05) is 18.2 Å². The minimum absolute atomic E-state index is 0.0654. The molecule has 1 unspecified atom stereocenters. The number of para-hydroxylation sites is 1. The van der Waals surface area contributed by atoms with Crippen molar-refractivity contribution in [1.29, 1.82) is 0 Å². The molecule has 1 aliphatic rings. The van der Waals surface area contributed by atoms with E-state index in [9.17, 15) is 0 Å². The average molecular weight is 663 g/mol. The van der Waals surface area contributed by atoms with E-state index in [1.54, 1.807) is 0 Å². The summed E-state index contributed by atoms with van der Waals surface area (Å²) in [5, 5.41) is 0. The van der Waals surface area contributed by atoms with Gasteiger partial charge in [0.15, 0.2) is 6.29 Å². The summed E-state index contributed by atoms with van der Waals surface area (Å²) < 4.78 is 71.5. The molecule has 0 aromatic heterocycles. The summed E-state index contributed by atoms with van der Waals surface area (Å²) in [6, 6.07) is 9.68. The molecule has 46 heavy (non-hydrogen) atoms. The van der Waals surface area contributed by atoms with Crippen LogP contribution in [-0.2, 0) is 56.8 Å². The second kappa shape index (κ2) is 33.4. The SMILES string of the molecule is c1ccc(OCCOCCOCCOCCOCCOCCOCCOCCOCCOCCOCCOC2CCCCO2)cc1. The Morgan fingerprint density at radius 1 is 0.413 bits per heavy atom. The Labute approximate surface area is 275 Å². The molecule has 1 atom stereocenters. The Bertz CT molecular complexity index is 725. The molecule has 0 spiro atoms. The van der Waals surface area contributed by atoms with Gasteiger partial charge in [0.1, 0.15) is 12.4 Å². The van der Waals surface area contributed by atoms with Crippen molar-refractivity contribution < 1.29 is 61.6 Å². The fourth-order valence-corrected chi connectivity index (χ4v) is 3.90. The van der Waals surface area contributed by atoms with E-state index in [-0.39, 0.29) is 6.29 Å². The second-order valence-corrected chi connectivity index (χ2v) is 9.95. The van der Waals surface area contributed by atoms with Gasteiger partial charge in [0.25, 0.3) is 0 Å². The molecule has 0 bridgehead atoms. The van der Waals surface area contributed by atoms with Crippen LogP contribution in [-0.4, -0.2) is 158 Å². The Kier molecular flexibility index (Phi) is 29.6. The quantitative estimate of drug-likeness (QED) is 0.0992. The lowest BCUT2D eigenvalue weighted by atomic mass is 10.2. The van der Waals surface area contributed by atoms with Crippen molar-refractivity contribution in [3.63, 3.8) is 0 Å². The Hall–Kier alpha value is -1.46. The third-order valence-electron chi connectivity index (χ3n) is 6.26. The molecule has 0 amide bonds. The van der Waals surface area contributed by atoms with E-state index in [2.05, 4.69) is 0 Å². The first-order valence-electron chi connectivity index (χ1n) is 16.6. The second-order valence-electron chi connectivity index (χ2n) is 9.95. The van der Waals surface area contributed by atoms with E-state index in [1.807, 2.05) is 30.3 Å². The van der Waals surface area contributed by atoms with Gasteiger partial charge in [0.05, 0.1) is 139 Å². The van der Waals surface area contributed by atoms with Crippen LogP contribution < -0.4 is 4.74 Å². The predicted octanol–water partition coefficient (Wildman–Crippen LogP) is 2.77. The van der Waals surface area contributed by atoms with Crippen LogP contribution in [0.4, 0.5) is 0 Å². The molecule has 1 heterocycles. The van der Waals surface area contributed by atoms with Crippen molar-refractivity contribution in [3.05, 3.63) is 30.3 Å². The molecule has 13 nitrogen and oxygen atoms in total. The van der Waals surface area contributed by atoms with Crippen LogP contribution in [0.15, 0.2) is 30.3 Å². The number of benzene rings is 1. The molecule has 268 valence electrons. The lowest BCUT2D eigenvalue weighted by molar-refractivity contribution is -0.169. The molecule has 0 N–H and O–H groups in total. The van der Waals surface area contributed by atoms with Gasteiger partial charge >= 0.3 is 0 Å². The van der Waals surface area contributed by atoms with Gasteiger partial charge in [-0.05, 0) is 31.4 Å². The molecular weight excluding hydrogens is 604 g/mol. The molecule has 0 saturated carbocycles. The van der Waals surface area contributed by atoms with Crippen LogP contribution >= 0.6 is 0 Å². The zero-order chi connectivity index (χ0) is 32.3. The van der Waals surface area contributed by atoms with Crippen molar-refractivity contribution in [2.24, 2.45) is 0 Å². The predicted molar refractivity (Wildman–Crippen MR) is 170 cm³/mol. The number of ether oxygens (including phenoxy) is 13. The minimum Gasteiger partial charge on any atom is -0.491 e. The van der Waals surface area contributed by atoms with Crippen LogP contribution in [0, 0.1) is 0 Å². The van der Waals surface area contributed by atoms with Gasteiger partial charge in [-0.15, -0.1) is 0 Å². The van der Waals surface area contributed by atoms with E-state index in [4.69, 9.17) is 61.6 Å². The highest BCUT2D eigenvalue weighted by Crippen LogP contribution is 2.13. The van der Waals surface area contributed by atoms with Crippen LogP contribution in [0.5, 0.6) is 5.75 Å². The Balaban J connectivity index is 1.13. The summed E-state index contributed by atoms with van der Waals surface area (Å²) in [7, 11) is 0. The monoisotopic (exact) mass is 662 g/mol. The third-order valence-corrected chi connectivity index (χ3v) is 6.26. The van der Waals surface area contributed by atoms with E-state index in [0.717, 1.165) is 25.2 Å². The maximum Gasteiger partial charge on any atom is 0.157 e. The van der Waals surface area contributed by atoms with Crippen LogP contribution in [0.25, 0.3) is 0 Å². The normalized spacial score (nSPS) is 15.0. The zero-order valence-electron chi connectivity index (χ0n) is 27.7. The van der Waals surface area contributed by atoms with Crippen LogP contribution in [0.1, 0.15) is 19.3 Å². The highest BCUT2D eigenvalue weighted by Gasteiger charge is 2.13. The summed E-state index contributed by atoms with van der Waals surface area (Å²) in [6.45, 7) is 12.3. The lowest BCUT2D eigenvalue weighted by Crippen LogP contribution is -2.24. The smallest absolute Gasteiger partial charge is 0.157 e. The fraction of sp³-hybridized carbons (Fsp3) is 0.818. The summed E-state index contributed by atoms with van der Waals surface area (Å²) in [6.07, 6.45) is 3.19. The van der Waals surface area contributed by atoms with Gasteiger partial charge in [0, 0.05) is 6.61 Å². The van der Waals surface area contributed by atoms with Crippen LogP contribution in [0.3, 0.4) is 0 Å². The molecule has 1 aliphatic heterocycles. The van der Waals surface area contributed by atoms with Crippen molar-refractivity contribution in [1.82, 2.24) is 0 Å². The van der Waals surface area contributed by atoms with Gasteiger partial charge in [0.2, 0.25) is 0 Å². The first-order chi connectivity index (χ1) is 22.9. The highest BCUT2D eigenvalue weighted by molar-refractivity contribution is 5.20. The van der Waals surface area contributed by atoms with Gasteiger partial charge < -0.3 is 61.6 Å². The molecule has 1 fully saturated rings. The summed E-state index contributed by atoms with van der Waals surface area (Å²) in [5.74, 6) is 0.845. The number of hydrogen-bond acceptors (Lipinski definition) is 13. The maximum absolute atomic E-state index is 5.61. The highest BCUT2D eigenvalue weighted by atomic mass is 16.7. The lowest BCUT2D eigenvalue weighted by Gasteiger charge is -2.22. The zero-order valence-corrected chi connectivity index (χ0v) is 27.7. The Morgan fingerprint density at radius 2 is 0.761 bits per heavy atom. The van der Waals surface area contributed by atoms with Gasteiger partial charge in [-0.2, -0.15) is 0 Å². The van der Waals surface area contributed by atoms with E-state index in [1.165, 1.54) is 6.42 Å². The summed E-state index contributed by atoms with van der Waals surface area (Å²) in [4.78, 5) is 0. The molecule has 1 saturated heterocycles. The summed E-state index contributed by atoms with van der Waals surface area (Å²) >= 11 is 0. The van der Waals surface area contributed by atoms with Crippen molar-refractivity contribution in [3.8, 4) is 5.75 Å². The fourth-order valence-electron chi connectivity index (χ4n) is 3.90. The first-order valence-corrected chi connectivity index (χ1v) is 16.6. The molecule has 13 heteroatoms. The van der Waals surface area contributed by atoms with Gasteiger partial charge in [-0.25, -0.2) is 0 Å². The standard InChI is InChI=1S/C33H58O13/c1-2-6-32(7-3-1)44-30-28-42-26-24-40-22-20-38-18-16-36-14-12-34-10-11-35-13-15-37-17-19-39-21-23-41-25-27-43-29-31-46-33-8-4-5-9-45-33/h1-3,6-7,33H,4-5,8-31H2. The largest absolute Gasteiger partial charge is 0.491 e. The van der Waals surface area contributed by atoms with Crippen molar-refractivity contribution in [2.45, 2.75) is 25.6 Å². The van der Waals surface area contributed by atoms with E-state index in [0.29, 0.717) is 145 Å². The Morgan fingerprint density at radius 3 is 1.11 bits per heavy atom.